The van der Waals surface area contributed by atoms with Crippen molar-refractivity contribution in [2.24, 2.45) is 0 Å². The molecule has 224 valence electrons. The highest BCUT2D eigenvalue weighted by Gasteiger charge is 2.26. The molecule has 0 bridgehead atoms. The highest BCUT2D eigenvalue weighted by Crippen LogP contribution is 2.39. The maximum Gasteiger partial charge on any atom is 0.308 e. The van der Waals surface area contributed by atoms with Crippen molar-refractivity contribution in [2.45, 2.75) is 24.5 Å². The van der Waals surface area contributed by atoms with Gasteiger partial charge in [0.25, 0.3) is 5.91 Å². The van der Waals surface area contributed by atoms with Gasteiger partial charge in [-0.05, 0) is 65.9 Å². The number of thioether (sulfide) groups is 1. The number of phenols is 1. The van der Waals surface area contributed by atoms with Gasteiger partial charge in [0.1, 0.15) is 11.5 Å². The van der Waals surface area contributed by atoms with Crippen molar-refractivity contribution in [1.82, 2.24) is 20.1 Å². The minimum atomic E-state index is -0.449. The van der Waals surface area contributed by atoms with E-state index in [1.165, 1.54) is 24.1 Å². The molecular formula is C33H35ClN4O4S. The first-order valence-electron chi connectivity index (χ1n) is 14.3. The number of rotatable bonds is 10. The molecule has 2 atom stereocenters. The number of amides is 1. The van der Waals surface area contributed by atoms with E-state index in [1.54, 1.807) is 18.2 Å². The maximum absolute atomic E-state index is 12.9. The lowest BCUT2D eigenvalue weighted by Gasteiger charge is -2.39. The standard InChI is InChI=1S/C33H35ClN4O4S/c1-22(43-32(25-10-12-35-13-11-25)24-6-8-27(34)9-7-24)38-18-16-37(17-19-38)15-14-36-33(41)29-20-26-4-3-5-31(42-23(2)39)28(26)21-30(29)40/h3-13,20-22,32,40H,14-19H2,1-2H3,(H,36,41). The number of nitrogens with zero attached hydrogens (tertiary/aromatic N) is 3. The van der Waals surface area contributed by atoms with Crippen molar-refractivity contribution in [3.05, 3.63) is 101 Å². The lowest BCUT2D eigenvalue weighted by atomic mass is 10.0. The number of hydrogen-bond donors (Lipinski definition) is 2. The largest absolute Gasteiger partial charge is 0.507 e. The van der Waals surface area contributed by atoms with Gasteiger partial charge in [-0.2, -0.15) is 0 Å². The molecule has 4 aromatic rings. The molecule has 0 aliphatic carbocycles. The van der Waals surface area contributed by atoms with Gasteiger partial charge in [0.15, 0.2) is 0 Å². The summed E-state index contributed by atoms with van der Waals surface area (Å²) in [6, 6.07) is 20.5. The topological polar surface area (TPSA) is 95.0 Å². The molecule has 1 fully saturated rings. The van der Waals surface area contributed by atoms with Crippen LogP contribution in [0, 0.1) is 0 Å². The first kappa shape index (κ1) is 30.8. The molecule has 5 rings (SSSR count). The van der Waals surface area contributed by atoms with Crippen molar-refractivity contribution in [3.63, 3.8) is 0 Å². The quantitative estimate of drug-likeness (QED) is 0.172. The fraction of sp³-hybridized carbons (Fsp3) is 0.303. The lowest BCUT2D eigenvalue weighted by Crippen LogP contribution is -2.50. The van der Waals surface area contributed by atoms with Gasteiger partial charge >= 0.3 is 5.97 Å². The zero-order chi connectivity index (χ0) is 30.3. The predicted octanol–water partition coefficient (Wildman–Crippen LogP) is 5.74. The van der Waals surface area contributed by atoms with E-state index >= 15 is 0 Å². The van der Waals surface area contributed by atoms with Gasteiger partial charge < -0.3 is 15.2 Å². The van der Waals surface area contributed by atoms with Crippen molar-refractivity contribution >= 4 is 46.0 Å². The van der Waals surface area contributed by atoms with Crippen molar-refractivity contribution in [2.75, 3.05) is 39.3 Å². The Morgan fingerprint density at radius 2 is 1.72 bits per heavy atom. The lowest BCUT2D eigenvalue weighted by molar-refractivity contribution is -0.131. The van der Waals surface area contributed by atoms with Gasteiger partial charge in [-0.1, -0.05) is 35.9 Å². The number of ether oxygens (including phenoxy) is 1. The number of nitrogens with one attached hydrogen (secondary N) is 1. The zero-order valence-electron chi connectivity index (χ0n) is 24.2. The summed E-state index contributed by atoms with van der Waals surface area (Å²) in [5.74, 6) is -0.606. The van der Waals surface area contributed by atoms with Crippen LogP contribution in [0.4, 0.5) is 0 Å². The average Bonchev–Trinajstić information content (AvgIpc) is 3.01. The molecule has 1 aromatic heterocycles. The summed E-state index contributed by atoms with van der Waals surface area (Å²) in [6.45, 7) is 8.44. The van der Waals surface area contributed by atoms with E-state index in [2.05, 4.69) is 51.3 Å². The summed E-state index contributed by atoms with van der Waals surface area (Å²) in [6.07, 6.45) is 3.67. The molecule has 1 amide bonds. The van der Waals surface area contributed by atoms with Crippen LogP contribution in [0.3, 0.4) is 0 Å². The minimum absolute atomic E-state index is 0.159. The number of benzene rings is 3. The van der Waals surface area contributed by atoms with Gasteiger partial charge in [0.2, 0.25) is 0 Å². The monoisotopic (exact) mass is 618 g/mol. The van der Waals surface area contributed by atoms with E-state index in [1.807, 2.05) is 42.4 Å². The van der Waals surface area contributed by atoms with Crippen molar-refractivity contribution in [1.29, 1.82) is 0 Å². The Kier molecular flexibility index (Phi) is 10.2. The van der Waals surface area contributed by atoms with E-state index in [0.717, 1.165) is 37.7 Å². The molecule has 1 saturated heterocycles. The Balaban J connectivity index is 1.13. The molecule has 43 heavy (non-hydrogen) atoms. The van der Waals surface area contributed by atoms with Crippen LogP contribution in [-0.2, 0) is 4.79 Å². The number of carbonyl (C=O) groups excluding carboxylic acids is 2. The molecule has 0 saturated carbocycles. The summed E-state index contributed by atoms with van der Waals surface area (Å²) in [7, 11) is 0. The van der Waals surface area contributed by atoms with Crippen LogP contribution in [0.1, 0.15) is 40.6 Å². The van der Waals surface area contributed by atoms with Gasteiger partial charge in [0.05, 0.1) is 16.2 Å². The minimum Gasteiger partial charge on any atom is -0.507 e. The summed E-state index contributed by atoms with van der Waals surface area (Å²) in [4.78, 5) is 33.4. The summed E-state index contributed by atoms with van der Waals surface area (Å²) < 4.78 is 5.23. The first-order chi connectivity index (χ1) is 20.8. The molecule has 1 aliphatic rings. The number of esters is 1. The number of fused-ring (bicyclic) bond motifs is 1. The second-order valence-corrected chi connectivity index (χ2v) is 12.4. The third kappa shape index (κ3) is 7.86. The summed E-state index contributed by atoms with van der Waals surface area (Å²) in [5, 5.41) is 16.0. The fourth-order valence-electron chi connectivity index (χ4n) is 5.29. The number of piperazine rings is 1. The third-order valence-electron chi connectivity index (χ3n) is 7.60. The van der Waals surface area contributed by atoms with Gasteiger partial charge in [-0.15, -0.1) is 11.8 Å². The highest BCUT2D eigenvalue weighted by molar-refractivity contribution is 8.00. The van der Waals surface area contributed by atoms with Gasteiger partial charge in [-0.3, -0.25) is 24.4 Å². The maximum atomic E-state index is 12.9. The predicted molar refractivity (Wildman–Crippen MR) is 172 cm³/mol. The Morgan fingerprint density at radius 1 is 1.02 bits per heavy atom. The molecule has 3 aromatic carbocycles. The van der Waals surface area contributed by atoms with Crippen LogP contribution >= 0.6 is 23.4 Å². The number of phenolic OH excluding ortho intramolecular Hbond substituents is 1. The molecule has 0 radical (unpaired) electrons. The second kappa shape index (κ2) is 14.2. The molecule has 2 heterocycles. The number of halogens is 1. The van der Waals surface area contributed by atoms with Crippen LogP contribution in [-0.4, -0.2) is 76.4 Å². The number of pyridine rings is 1. The fourth-order valence-corrected chi connectivity index (χ4v) is 6.82. The molecular weight excluding hydrogens is 584 g/mol. The molecule has 10 heteroatoms. The van der Waals surface area contributed by atoms with Crippen molar-refractivity contribution < 1.29 is 19.4 Å². The molecule has 1 aliphatic heterocycles. The molecule has 0 spiro atoms. The Labute approximate surface area is 261 Å². The number of hydrogen-bond acceptors (Lipinski definition) is 8. The number of aromatic nitrogens is 1. The van der Waals surface area contributed by atoms with Crippen molar-refractivity contribution in [3.8, 4) is 11.5 Å². The van der Waals surface area contributed by atoms with E-state index < -0.39 is 5.97 Å². The van der Waals surface area contributed by atoms with Gasteiger partial charge in [-0.25, -0.2) is 0 Å². The summed E-state index contributed by atoms with van der Waals surface area (Å²) >= 11 is 8.08. The van der Waals surface area contributed by atoms with Crippen LogP contribution in [0.2, 0.25) is 5.02 Å². The molecule has 8 nitrogen and oxygen atoms in total. The average molecular weight is 619 g/mol. The Hall–Kier alpha value is -3.63. The first-order valence-corrected chi connectivity index (χ1v) is 15.6. The second-order valence-electron chi connectivity index (χ2n) is 10.5. The van der Waals surface area contributed by atoms with Crippen LogP contribution in [0.25, 0.3) is 10.8 Å². The normalized spacial score (nSPS) is 15.6. The number of aromatic hydroxyl groups is 1. The number of carbonyl (C=O) groups is 2. The molecule has 2 unspecified atom stereocenters. The molecule has 2 N–H and O–H groups in total. The third-order valence-corrected chi connectivity index (χ3v) is 9.36. The van der Waals surface area contributed by atoms with E-state index in [9.17, 15) is 14.7 Å². The SMILES string of the molecule is CC(=O)Oc1cccc2cc(C(=O)NCCN3CCN(C(C)SC(c4ccncc4)c4ccc(Cl)cc4)CC3)c(O)cc12. The van der Waals surface area contributed by atoms with E-state index in [4.69, 9.17) is 16.3 Å². The van der Waals surface area contributed by atoms with Gasteiger partial charge in [0, 0.05) is 69.0 Å². The van der Waals surface area contributed by atoms with Crippen LogP contribution in [0.5, 0.6) is 11.5 Å². The zero-order valence-corrected chi connectivity index (χ0v) is 25.8. The van der Waals surface area contributed by atoms with Crippen LogP contribution in [0.15, 0.2) is 79.1 Å². The Morgan fingerprint density at radius 3 is 2.42 bits per heavy atom. The Bertz CT molecular complexity index is 1560. The highest BCUT2D eigenvalue weighted by atomic mass is 35.5. The smallest absolute Gasteiger partial charge is 0.308 e. The van der Waals surface area contributed by atoms with E-state index in [0.29, 0.717) is 28.4 Å². The van der Waals surface area contributed by atoms with E-state index in [-0.39, 0.29) is 22.5 Å². The summed E-state index contributed by atoms with van der Waals surface area (Å²) in [5.41, 5.74) is 2.61. The van der Waals surface area contributed by atoms with Crippen LogP contribution < -0.4 is 10.1 Å².